The highest BCUT2D eigenvalue weighted by Crippen LogP contribution is 2.35. The van der Waals surface area contributed by atoms with Crippen molar-refractivity contribution >= 4 is 24.8 Å². The molecule has 0 bridgehead atoms. The molecule has 0 aromatic carbocycles. The van der Waals surface area contributed by atoms with E-state index in [4.69, 9.17) is 4.74 Å². The van der Waals surface area contributed by atoms with E-state index in [0.717, 1.165) is 44.0 Å². The zero-order valence-electron chi connectivity index (χ0n) is 16.0. The van der Waals surface area contributed by atoms with E-state index in [-0.39, 0.29) is 24.8 Å². The average molecular weight is 371 g/mol. The van der Waals surface area contributed by atoms with Gasteiger partial charge in [-0.1, -0.05) is 41.0 Å². The summed E-state index contributed by atoms with van der Waals surface area (Å²) in [6, 6.07) is 0.574. The molecule has 3 nitrogen and oxygen atoms in total. The normalized spacial score (nSPS) is 24.7. The number of rotatable bonds is 9. The van der Waals surface area contributed by atoms with Crippen LogP contribution in [0.4, 0.5) is 0 Å². The van der Waals surface area contributed by atoms with Crippen LogP contribution in [0.1, 0.15) is 53.9 Å². The van der Waals surface area contributed by atoms with Crippen LogP contribution in [-0.4, -0.2) is 50.3 Å². The average Bonchev–Trinajstić information content (AvgIpc) is 2.38. The van der Waals surface area contributed by atoms with Crippen LogP contribution in [0.15, 0.2) is 0 Å². The Balaban J connectivity index is 0. The van der Waals surface area contributed by atoms with Crippen LogP contribution in [0.3, 0.4) is 0 Å². The van der Waals surface area contributed by atoms with E-state index in [1.807, 2.05) is 0 Å². The maximum absolute atomic E-state index is 6.26. The molecule has 0 aromatic rings. The quantitative estimate of drug-likeness (QED) is 0.656. The molecule has 1 saturated carbocycles. The first-order valence-corrected chi connectivity index (χ1v) is 8.93. The van der Waals surface area contributed by atoms with Crippen molar-refractivity contribution in [2.45, 2.75) is 66.0 Å². The molecule has 1 aliphatic rings. The number of nitrogens with zero attached hydrogens (tertiary/aromatic N) is 1. The summed E-state index contributed by atoms with van der Waals surface area (Å²) in [6.45, 7) is 15.5. The van der Waals surface area contributed by atoms with Crippen LogP contribution in [0.5, 0.6) is 0 Å². The first-order chi connectivity index (χ1) is 9.90. The molecule has 1 N–H and O–H groups in total. The number of halogens is 2. The van der Waals surface area contributed by atoms with Gasteiger partial charge in [0.05, 0.1) is 12.7 Å². The summed E-state index contributed by atoms with van der Waals surface area (Å²) in [5.41, 5.74) is 0. The highest BCUT2D eigenvalue weighted by atomic mass is 35.5. The number of hydrogen-bond acceptors (Lipinski definition) is 3. The molecule has 1 aliphatic carbocycles. The molecular formula is C18H40Cl2N2O. The Morgan fingerprint density at radius 1 is 1.09 bits per heavy atom. The van der Waals surface area contributed by atoms with Gasteiger partial charge in [0, 0.05) is 25.7 Å². The third-order valence-electron chi connectivity index (χ3n) is 4.81. The van der Waals surface area contributed by atoms with Crippen LogP contribution in [0.25, 0.3) is 0 Å². The Labute approximate surface area is 157 Å². The monoisotopic (exact) mass is 370 g/mol. The standard InChI is InChI=1S/C18H38N2O.2ClH/c1-14(2)17-8-7-16(5)13-18(17)21-12-11-20(6)10-9-19-15(3)4;;/h14-19H,7-13H2,1-6H3;2*1H/t16-,17+,18-;;/m1../s1. The second kappa shape index (κ2) is 13.7. The highest BCUT2D eigenvalue weighted by Gasteiger charge is 2.31. The van der Waals surface area contributed by atoms with Crippen LogP contribution < -0.4 is 5.32 Å². The number of ether oxygens (including phenoxy) is 1. The van der Waals surface area contributed by atoms with Crippen molar-refractivity contribution in [2.24, 2.45) is 17.8 Å². The first-order valence-electron chi connectivity index (χ1n) is 8.93. The van der Waals surface area contributed by atoms with Gasteiger partial charge in [0.1, 0.15) is 0 Å². The van der Waals surface area contributed by atoms with Gasteiger partial charge in [-0.15, -0.1) is 24.8 Å². The lowest BCUT2D eigenvalue weighted by Crippen LogP contribution is -2.37. The molecule has 0 aliphatic heterocycles. The van der Waals surface area contributed by atoms with Crippen LogP contribution in [0.2, 0.25) is 0 Å². The van der Waals surface area contributed by atoms with Gasteiger partial charge in [-0.2, -0.15) is 0 Å². The fraction of sp³-hybridized carbons (Fsp3) is 1.00. The maximum Gasteiger partial charge on any atom is 0.0608 e. The lowest BCUT2D eigenvalue weighted by Gasteiger charge is -2.37. The van der Waals surface area contributed by atoms with Crippen LogP contribution in [-0.2, 0) is 4.74 Å². The van der Waals surface area contributed by atoms with Crippen molar-refractivity contribution in [1.82, 2.24) is 10.2 Å². The minimum Gasteiger partial charge on any atom is -0.377 e. The van der Waals surface area contributed by atoms with Gasteiger partial charge in [-0.05, 0) is 37.6 Å². The van der Waals surface area contributed by atoms with Crippen molar-refractivity contribution in [3.63, 3.8) is 0 Å². The predicted octanol–water partition coefficient (Wildman–Crippen LogP) is 4.24. The van der Waals surface area contributed by atoms with Gasteiger partial charge in [-0.25, -0.2) is 0 Å². The molecule has 0 spiro atoms. The molecule has 0 saturated heterocycles. The molecule has 0 aromatic heterocycles. The Kier molecular flexibility index (Phi) is 15.3. The van der Waals surface area contributed by atoms with Crippen molar-refractivity contribution < 1.29 is 4.74 Å². The molecular weight excluding hydrogens is 331 g/mol. The van der Waals surface area contributed by atoms with Gasteiger partial charge in [0.2, 0.25) is 0 Å². The first kappa shape index (κ1) is 25.7. The van der Waals surface area contributed by atoms with E-state index < -0.39 is 0 Å². The number of nitrogens with one attached hydrogen (secondary N) is 1. The SMILES string of the molecule is CC(C)NCCN(C)CCO[C@@H]1C[C@H](C)CC[C@H]1C(C)C.Cl.Cl. The van der Waals surface area contributed by atoms with Gasteiger partial charge < -0.3 is 15.0 Å². The Morgan fingerprint density at radius 3 is 2.30 bits per heavy atom. The molecule has 0 unspecified atom stereocenters. The van der Waals surface area contributed by atoms with Crippen LogP contribution in [0, 0.1) is 17.8 Å². The third-order valence-corrected chi connectivity index (χ3v) is 4.81. The predicted molar refractivity (Wildman–Crippen MR) is 106 cm³/mol. The third kappa shape index (κ3) is 10.8. The Hall–Kier alpha value is 0.460. The fourth-order valence-electron chi connectivity index (χ4n) is 3.32. The van der Waals surface area contributed by atoms with Crippen molar-refractivity contribution in [3.8, 4) is 0 Å². The summed E-state index contributed by atoms with van der Waals surface area (Å²) < 4.78 is 6.26. The largest absolute Gasteiger partial charge is 0.377 e. The number of hydrogen-bond donors (Lipinski definition) is 1. The van der Waals surface area contributed by atoms with E-state index in [1.165, 1.54) is 19.3 Å². The molecule has 142 valence electrons. The van der Waals surface area contributed by atoms with Crippen LogP contribution >= 0.6 is 24.8 Å². The summed E-state index contributed by atoms with van der Waals surface area (Å²) >= 11 is 0. The van der Waals surface area contributed by atoms with Gasteiger partial charge in [-0.3, -0.25) is 0 Å². The molecule has 1 fully saturated rings. The maximum atomic E-state index is 6.26. The fourth-order valence-corrected chi connectivity index (χ4v) is 3.32. The topological polar surface area (TPSA) is 24.5 Å². The van der Waals surface area contributed by atoms with Gasteiger partial charge >= 0.3 is 0 Å². The van der Waals surface area contributed by atoms with Crippen molar-refractivity contribution in [3.05, 3.63) is 0 Å². The molecule has 0 amide bonds. The van der Waals surface area contributed by atoms with E-state index >= 15 is 0 Å². The summed E-state index contributed by atoms with van der Waals surface area (Å²) in [5.74, 6) is 2.34. The van der Waals surface area contributed by atoms with Gasteiger partial charge in [0.25, 0.3) is 0 Å². The molecule has 0 heterocycles. The lowest BCUT2D eigenvalue weighted by atomic mass is 9.75. The molecule has 3 atom stereocenters. The lowest BCUT2D eigenvalue weighted by molar-refractivity contribution is -0.0428. The number of likely N-dealkylation sites (N-methyl/N-ethyl adjacent to an activating group) is 1. The second-order valence-corrected chi connectivity index (χ2v) is 7.65. The zero-order chi connectivity index (χ0) is 15.8. The molecule has 1 rings (SSSR count). The van der Waals surface area contributed by atoms with E-state index in [1.54, 1.807) is 0 Å². The summed E-state index contributed by atoms with van der Waals surface area (Å²) in [5, 5.41) is 3.46. The highest BCUT2D eigenvalue weighted by molar-refractivity contribution is 5.85. The Morgan fingerprint density at radius 2 is 1.74 bits per heavy atom. The van der Waals surface area contributed by atoms with Crippen molar-refractivity contribution in [1.29, 1.82) is 0 Å². The minimum atomic E-state index is 0. The van der Waals surface area contributed by atoms with Crippen molar-refractivity contribution in [2.75, 3.05) is 33.3 Å². The van der Waals surface area contributed by atoms with E-state index in [0.29, 0.717) is 12.1 Å². The van der Waals surface area contributed by atoms with E-state index in [2.05, 4.69) is 51.9 Å². The molecule has 0 radical (unpaired) electrons. The summed E-state index contributed by atoms with van der Waals surface area (Å²) in [6.07, 6.45) is 4.46. The van der Waals surface area contributed by atoms with Gasteiger partial charge in [0.15, 0.2) is 0 Å². The summed E-state index contributed by atoms with van der Waals surface area (Å²) in [4.78, 5) is 2.37. The Bertz CT molecular complexity index is 278. The second-order valence-electron chi connectivity index (χ2n) is 7.65. The summed E-state index contributed by atoms with van der Waals surface area (Å²) in [7, 11) is 2.19. The minimum absolute atomic E-state index is 0. The van der Waals surface area contributed by atoms with E-state index in [9.17, 15) is 0 Å². The smallest absolute Gasteiger partial charge is 0.0608 e. The zero-order valence-corrected chi connectivity index (χ0v) is 17.6. The molecule has 5 heteroatoms. The molecule has 23 heavy (non-hydrogen) atoms.